The molecule has 1 aliphatic heterocycles. The molecule has 6 heteroatoms. The van der Waals surface area contributed by atoms with Crippen LogP contribution in [0.3, 0.4) is 0 Å². The molecule has 3 aromatic rings. The summed E-state index contributed by atoms with van der Waals surface area (Å²) >= 11 is 0. The number of carbonyl (C=O) groups excluding carboxylic acids is 2. The molecule has 1 amide bonds. The summed E-state index contributed by atoms with van der Waals surface area (Å²) in [7, 11) is 0. The van der Waals surface area contributed by atoms with Gasteiger partial charge in [0.05, 0.1) is 25.4 Å². The van der Waals surface area contributed by atoms with E-state index in [1.165, 1.54) is 0 Å². The zero-order valence-electron chi connectivity index (χ0n) is 20.9. The third-order valence-corrected chi connectivity index (χ3v) is 6.61. The minimum absolute atomic E-state index is 0.0551. The predicted molar refractivity (Wildman–Crippen MR) is 137 cm³/mol. The van der Waals surface area contributed by atoms with Crippen LogP contribution in [-0.2, 0) is 14.3 Å². The van der Waals surface area contributed by atoms with Gasteiger partial charge >= 0.3 is 5.97 Å². The second kappa shape index (κ2) is 10.8. The molecule has 1 aliphatic rings. The van der Waals surface area contributed by atoms with Gasteiger partial charge in [0.1, 0.15) is 11.3 Å². The van der Waals surface area contributed by atoms with Crippen LogP contribution in [0.5, 0.6) is 5.75 Å². The summed E-state index contributed by atoms with van der Waals surface area (Å²) in [5, 5.41) is 0.989. The number of fused-ring (bicyclic) bond motifs is 1. The van der Waals surface area contributed by atoms with Crippen molar-refractivity contribution in [3.8, 4) is 16.9 Å². The van der Waals surface area contributed by atoms with E-state index in [-0.39, 0.29) is 17.8 Å². The standard InChI is InChI=1S/C29H33NO5/c1-5-33-27-20(4)28-24(25(18-35-28)21-10-8-7-9-11-21)17-23(27)19(3)16-26(31)30-14-12-22(13-15-30)29(32)34-6-2/h7-11,16-18,22H,5-6,12-15H2,1-4H3/b19-16+. The van der Waals surface area contributed by atoms with Gasteiger partial charge in [-0.05, 0) is 57.7 Å². The van der Waals surface area contributed by atoms with E-state index in [4.69, 9.17) is 13.9 Å². The van der Waals surface area contributed by atoms with Crippen molar-refractivity contribution in [2.45, 2.75) is 40.5 Å². The van der Waals surface area contributed by atoms with E-state index in [0.29, 0.717) is 39.1 Å². The number of benzene rings is 2. The van der Waals surface area contributed by atoms with Crippen LogP contribution in [-0.4, -0.2) is 43.1 Å². The van der Waals surface area contributed by atoms with Crippen molar-refractivity contribution >= 4 is 28.4 Å². The Bertz CT molecular complexity index is 1230. The van der Waals surface area contributed by atoms with E-state index >= 15 is 0 Å². The molecule has 6 nitrogen and oxygen atoms in total. The minimum atomic E-state index is -0.161. The third kappa shape index (κ3) is 5.11. The summed E-state index contributed by atoms with van der Waals surface area (Å²) in [4.78, 5) is 26.9. The fourth-order valence-electron chi connectivity index (χ4n) is 4.73. The van der Waals surface area contributed by atoms with Gasteiger partial charge < -0.3 is 18.8 Å². The highest BCUT2D eigenvalue weighted by Crippen LogP contribution is 2.40. The first-order valence-corrected chi connectivity index (χ1v) is 12.3. The molecule has 1 aromatic heterocycles. The van der Waals surface area contributed by atoms with Crippen molar-refractivity contribution in [2.75, 3.05) is 26.3 Å². The van der Waals surface area contributed by atoms with E-state index in [2.05, 4.69) is 18.2 Å². The number of carbonyl (C=O) groups is 2. The summed E-state index contributed by atoms with van der Waals surface area (Å²) in [6, 6.07) is 12.2. The molecular formula is C29H33NO5. The molecule has 0 aliphatic carbocycles. The first kappa shape index (κ1) is 24.6. The lowest BCUT2D eigenvalue weighted by atomic mass is 9.95. The fraction of sp³-hybridized carbons (Fsp3) is 0.379. The molecule has 4 rings (SSSR count). The van der Waals surface area contributed by atoms with Gasteiger partial charge in [-0.3, -0.25) is 9.59 Å². The highest BCUT2D eigenvalue weighted by atomic mass is 16.5. The molecule has 35 heavy (non-hydrogen) atoms. The molecule has 0 atom stereocenters. The third-order valence-electron chi connectivity index (χ3n) is 6.61. The number of furan rings is 1. The van der Waals surface area contributed by atoms with E-state index in [1.807, 2.05) is 45.9 Å². The van der Waals surface area contributed by atoms with Gasteiger partial charge in [-0.1, -0.05) is 30.3 Å². The van der Waals surface area contributed by atoms with Gasteiger partial charge in [0.25, 0.3) is 0 Å². The maximum absolute atomic E-state index is 13.1. The topological polar surface area (TPSA) is 69.0 Å². The Morgan fingerprint density at radius 1 is 1.11 bits per heavy atom. The lowest BCUT2D eigenvalue weighted by molar-refractivity contribution is -0.150. The van der Waals surface area contributed by atoms with Crippen molar-refractivity contribution in [3.05, 3.63) is 59.9 Å². The Kier molecular flexibility index (Phi) is 7.59. The molecule has 0 bridgehead atoms. The van der Waals surface area contributed by atoms with Crippen molar-refractivity contribution in [1.82, 2.24) is 4.90 Å². The molecule has 0 spiro atoms. The summed E-state index contributed by atoms with van der Waals surface area (Å²) < 4.78 is 17.1. The van der Waals surface area contributed by atoms with Gasteiger partial charge in [-0.15, -0.1) is 0 Å². The van der Waals surface area contributed by atoms with E-state index in [9.17, 15) is 9.59 Å². The number of esters is 1. The van der Waals surface area contributed by atoms with Crippen molar-refractivity contribution < 1.29 is 23.5 Å². The largest absolute Gasteiger partial charge is 0.493 e. The Morgan fingerprint density at radius 3 is 2.49 bits per heavy atom. The molecule has 1 fully saturated rings. The second-order valence-corrected chi connectivity index (χ2v) is 8.88. The number of aryl methyl sites for hydroxylation is 1. The van der Waals surface area contributed by atoms with Gasteiger partial charge in [0.2, 0.25) is 5.91 Å². The van der Waals surface area contributed by atoms with Gasteiger partial charge in [0.15, 0.2) is 0 Å². The zero-order chi connectivity index (χ0) is 24.9. The maximum atomic E-state index is 13.1. The van der Waals surface area contributed by atoms with Gasteiger partial charge in [0, 0.05) is 41.2 Å². The van der Waals surface area contributed by atoms with Crippen LogP contribution in [0.25, 0.3) is 27.7 Å². The predicted octanol–water partition coefficient (Wildman–Crippen LogP) is 6.01. The number of allylic oxidation sites excluding steroid dienone is 1. The Morgan fingerprint density at radius 2 is 1.83 bits per heavy atom. The van der Waals surface area contributed by atoms with Crippen molar-refractivity contribution in [2.24, 2.45) is 5.92 Å². The molecule has 184 valence electrons. The molecular weight excluding hydrogens is 442 g/mol. The first-order valence-electron chi connectivity index (χ1n) is 12.3. The number of nitrogens with zero attached hydrogens (tertiary/aromatic N) is 1. The number of rotatable bonds is 7. The number of hydrogen-bond donors (Lipinski definition) is 0. The molecule has 0 unspecified atom stereocenters. The Labute approximate surface area is 206 Å². The van der Waals surface area contributed by atoms with Crippen LogP contribution in [0.2, 0.25) is 0 Å². The monoisotopic (exact) mass is 475 g/mol. The van der Waals surface area contributed by atoms with Crippen LogP contribution >= 0.6 is 0 Å². The average molecular weight is 476 g/mol. The molecule has 0 saturated carbocycles. The summed E-state index contributed by atoms with van der Waals surface area (Å²) in [5.41, 5.74) is 5.49. The lowest BCUT2D eigenvalue weighted by Crippen LogP contribution is -2.40. The van der Waals surface area contributed by atoms with Crippen molar-refractivity contribution in [3.63, 3.8) is 0 Å². The second-order valence-electron chi connectivity index (χ2n) is 8.88. The number of ether oxygens (including phenoxy) is 2. The Hall–Kier alpha value is -3.54. The lowest BCUT2D eigenvalue weighted by Gasteiger charge is -2.30. The number of amides is 1. The first-order chi connectivity index (χ1) is 16.9. The number of hydrogen-bond acceptors (Lipinski definition) is 5. The Balaban J connectivity index is 1.64. The van der Waals surface area contributed by atoms with Crippen LogP contribution < -0.4 is 4.74 Å². The number of likely N-dealkylation sites (tertiary alicyclic amines) is 1. The van der Waals surface area contributed by atoms with Gasteiger partial charge in [-0.25, -0.2) is 0 Å². The fourth-order valence-corrected chi connectivity index (χ4v) is 4.73. The van der Waals surface area contributed by atoms with Crippen LogP contribution in [0.4, 0.5) is 0 Å². The normalized spacial score (nSPS) is 14.9. The highest BCUT2D eigenvalue weighted by Gasteiger charge is 2.28. The van der Waals surface area contributed by atoms with Crippen LogP contribution in [0.1, 0.15) is 44.7 Å². The summed E-state index contributed by atoms with van der Waals surface area (Å²) in [5.74, 6) is 0.388. The SMILES string of the molecule is CCOC(=O)C1CCN(C(=O)/C=C(\C)c2cc3c(-c4ccccc4)coc3c(C)c2OCC)CC1. The smallest absolute Gasteiger partial charge is 0.309 e. The minimum Gasteiger partial charge on any atom is -0.493 e. The highest BCUT2D eigenvalue weighted by molar-refractivity contribution is 6.01. The average Bonchev–Trinajstić information content (AvgIpc) is 3.30. The number of piperidine rings is 1. The quantitative estimate of drug-likeness (QED) is 0.309. The zero-order valence-corrected chi connectivity index (χ0v) is 20.9. The van der Waals surface area contributed by atoms with Crippen LogP contribution in [0, 0.1) is 12.8 Å². The molecule has 1 saturated heterocycles. The van der Waals surface area contributed by atoms with E-state index < -0.39 is 0 Å². The van der Waals surface area contributed by atoms with Crippen molar-refractivity contribution in [1.29, 1.82) is 0 Å². The maximum Gasteiger partial charge on any atom is 0.309 e. The van der Waals surface area contributed by atoms with E-state index in [0.717, 1.165) is 44.5 Å². The summed E-state index contributed by atoms with van der Waals surface area (Å²) in [6.45, 7) is 9.67. The summed E-state index contributed by atoms with van der Waals surface area (Å²) in [6.07, 6.45) is 4.71. The molecule has 2 aromatic carbocycles. The molecule has 2 heterocycles. The molecule has 0 radical (unpaired) electrons. The molecule has 0 N–H and O–H groups in total. The van der Waals surface area contributed by atoms with E-state index in [1.54, 1.807) is 17.2 Å². The van der Waals surface area contributed by atoms with Gasteiger partial charge in [-0.2, -0.15) is 0 Å². The van der Waals surface area contributed by atoms with Crippen LogP contribution in [0.15, 0.2) is 53.2 Å².